The number of carbonyl (C=O) groups excluding carboxylic acids is 1. The smallest absolute Gasteiger partial charge is 0.241 e. The number of likely N-dealkylation sites (N-methyl/N-ethyl adjacent to an activating group) is 1. The Morgan fingerprint density at radius 3 is 2.43 bits per heavy atom. The van der Waals surface area contributed by atoms with Crippen LogP contribution < -0.4 is 15.4 Å². The largest absolute Gasteiger partial charge is 0.353 e. The van der Waals surface area contributed by atoms with Gasteiger partial charge in [0, 0.05) is 18.1 Å². The Morgan fingerprint density at radius 1 is 1.24 bits per heavy atom. The maximum atomic E-state index is 12.1. The highest BCUT2D eigenvalue weighted by Gasteiger charge is 2.21. The molecule has 1 unspecified atom stereocenters. The minimum Gasteiger partial charge on any atom is -0.353 e. The van der Waals surface area contributed by atoms with Gasteiger partial charge in [0.25, 0.3) is 0 Å². The lowest BCUT2D eigenvalue weighted by Crippen LogP contribution is -2.46. The molecule has 21 heavy (non-hydrogen) atoms. The van der Waals surface area contributed by atoms with E-state index >= 15 is 0 Å². The summed E-state index contributed by atoms with van der Waals surface area (Å²) in [5.41, 5.74) is 0. The van der Waals surface area contributed by atoms with Crippen molar-refractivity contribution in [2.24, 2.45) is 0 Å². The summed E-state index contributed by atoms with van der Waals surface area (Å²) in [6.07, 6.45) is 0. The summed E-state index contributed by atoms with van der Waals surface area (Å²) >= 11 is 5.72. The summed E-state index contributed by atoms with van der Waals surface area (Å²) < 4.78 is 26.5. The van der Waals surface area contributed by atoms with Gasteiger partial charge in [-0.3, -0.25) is 4.79 Å². The summed E-state index contributed by atoms with van der Waals surface area (Å²) in [4.78, 5) is 11.9. The molecular formula is C13H20ClN3O3S. The number of sulfonamides is 1. The molecule has 0 heterocycles. The van der Waals surface area contributed by atoms with Crippen LogP contribution in [0.5, 0.6) is 0 Å². The van der Waals surface area contributed by atoms with Crippen molar-refractivity contribution < 1.29 is 13.2 Å². The highest BCUT2D eigenvalue weighted by atomic mass is 35.5. The SMILES string of the molecule is CCNCCNC(=O)C(C)NS(=O)(=O)c1ccc(Cl)cc1. The van der Waals surface area contributed by atoms with E-state index < -0.39 is 16.1 Å². The molecule has 0 aromatic heterocycles. The van der Waals surface area contributed by atoms with Crippen molar-refractivity contribution in [3.8, 4) is 0 Å². The van der Waals surface area contributed by atoms with Crippen LogP contribution >= 0.6 is 11.6 Å². The molecule has 1 rings (SSSR count). The van der Waals surface area contributed by atoms with E-state index in [0.29, 0.717) is 18.1 Å². The lowest BCUT2D eigenvalue weighted by molar-refractivity contribution is -0.122. The number of nitrogens with one attached hydrogen (secondary N) is 3. The van der Waals surface area contributed by atoms with Gasteiger partial charge in [0.15, 0.2) is 0 Å². The maximum absolute atomic E-state index is 12.1. The topological polar surface area (TPSA) is 87.3 Å². The Balaban J connectivity index is 2.58. The second-order valence-corrected chi connectivity index (χ2v) is 6.59. The molecule has 8 heteroatoms. The average molecular weight is 334 g/mol. The van der Waals surface area contributed by atoms with Gasteiger partial charge in [-0.25, -0.2) is 8.42 Å². The molecule has 0 aliphatic carbocycles. The van der Waals surface area contributed by atoms with Gasteiger partial charge in [-0.15, -0.1) is 0 Å². The quantitative estimate of drug-likeness (QED) is 0.612. The van der Waals surface area contributed by atoms with Crippen molar-refractivity contribution in [2.45, 2.75) is 24.8 Å². The Morgan fingerprint density at radius 2 is 1.86 bits per heavy atom. The first kappa shape index (κ1) is 17.9. The zero-order chi connectivity index (χ0) is 15.9. The highest BCUT2D eigenvalue weighted by molar-refractivity contribution is 7.89. The predicted molar refractivity (Wildman–Crippen MR) is 82.8 cm³/mol. The molecule has 1 amide bonds. The lowest BCUT2D eigenvalue weighted by Gasteiger charge is -2.14. The molecule has 0 fully saturated rings. The lowest BCUT2D eigenvalue weighted by atomic mass is 10.3. The van der Waals surface area contributed by atoms with Crippen LogP contribution in [0.1, 0.15) is 13.8 Å². The minimum absolute atomic E-state index is 0.0687. The molecule has 1 atom stereocenters. The zero-order valence-corrected chi connectivity index (χ0v) is 13.6. The number of halogens is 1. The van der Waals surface area contributed by atoms with Crippen molar-refractivity contribution in [1.29, 1.82) is 0 Å². The molecule has 1 aromatic carbocycles. The van der Waals surface area contributed by atoms with Gasteiger partial charge >= 0.3 is 0 Å². The number of hydrogen-bond acceptors (Lipinski definition) is 4. The monoisotopic (exact) mass is 333 g/mol. The molecule has 0 saturated carbocycles. The molecule has 1 aromatic rings. The molecule has 0 aliphatic heterocycles. The Labute approximate surface area is 130 Å². The molecule has 118 valence electrons. The predicted octanol–water partition coefficient (Wildman–Crippen LogP) is 0.733. The molecule has 0 bridgehead atoms. The van der Waals surface area contributed by atoms with Crippen LogP contribution in [0.3, 0.4) is 0 Å². The summed E-state index contributed by atoms with van der Waals surface area (Å²) in [6.45, 7) is 5.36. The van der Waals surface area contributed by atoms with E-state index in [1.54, 1.807) is 0 Å². The van der Waals surface area contributed by atoms with Crippen LogP contribution in [0.2, 0.25) is 5.02 Å². The molecule has 0 saturated heterocycles. The fraction of sp³-hybridized carbons (Fsp3) is 0.462. The van der Waals surface area contributed by atoms with Gasteiger partial charge in [-0.1, -0.05) is 18.5 Å². The van der Waals surface area contributed by atoms with Crippen molar-refractivity contribution in [1.82, 2.24) is 15.4 Å². The molecule has 6 nitrogen and oxygen atoms in total. The number of amides is 1. The van der Waals surface area contributed by atoms with Crippen LogP contribution in [0, 0.1) is 0 Å². The standard InChI is InChI=1S/C13H20ClN3O3S/c1-3-15-8-9-16-13(18)10(2)17-21(19,20)12-6-4-11(14)5-7-12/h4-7,10,15,17H,3,8-9H2,1-2H3,(H,16,18). The Kier molecular flexibility index (Phi) is 7.10. The second-order valence-electron chi connectivity index (χ2n) is 4.44. The number of hydrogen-bond donors (Lipinski definition) is 3. The third-order valence-electron chi connectivity index (χ3n) is 2.70. The van der Waals surface area contributed by atoms with E-state index in [4.69, 9.17) is 11.6 Å². The summed E-state index contributed by atoms with van der Waals surface area (Å²) in [5, 5.41) is 6.15. The number of carbonyl (C=O) groups is 1. The summed E-state index contributed by atoms with van der Waals surface area (Å²) in [6, 6.07) is 4.89. The fourth-order valence-corrected chi connectivity index (χ4v) is 2.90. The van der Waals surface area contributed by atoms with E-state index in [0.717, 1.165) is 6.54 Å². The Bertz CT molecular complexity index is 561. The van der Waals surface area contributed by atoms with Crippen LogP contribution in [-0.2, 0) is 14.8 Å². The van der Waals surface area contributed by atoms with Crippen LogP contribution in [0.4, 0.5) is 0 Å². The fourth-order valence-electron chi connectivity index (χ4n) is 1.57. The summed E-state index contributed by atoms with van der Waals surface area (Å²) in [5.74, 6) is -0.370. The van der Waals surface area contributed by atoms with Gasteiger partial charge in [0.05, 0.1) is 10.9 Å². The van der Waals surface area contributed by atoms with E-state index in [-0.39, 0.29) is 10.8 Å². The third-order valence-corrected chi connectivity index (χ3v) is 4.51. The van der Waals surface area contributed by atoms with Crippen LogP contribution in [-0.4, -0.2) is 40.0 Å². The van der Waals surface area contributed by atoms with E-state index in [1.165, 1.54) is 31.2 Å². The van der Waals surface area contributed by atoms with Crippen molar-refractivity contribution in [3.05, 3.63) is 29.3 Å². The zero-order valence-electron chi connectivity index (χ0n) is 12.0. The van der Waals surface area contributed by atoms with Gasteiger partial charge in [0.2, 0.25) is 15.9 Å². The minimum atomic E-state index is -3.74. The van der Waals surface area contributed by atoms with Crippen molar-refractivity contribution >= 4 is 27.5 Å². The first-order valence-corrected chi connectivity index (χ1v) is 8.49. The van der Waals surface area contributed by atoms with Crippen molar-refractivity contribution in [2.75, 3.05) is 19.6 Å². The Hall–Kier alpha value is -1.15. The first-order chi connectivity index (χ1) is 9.86. The van der Waals surface area contributed by atoms with Crippen molar-refractivity contribution in [3.63, 3.8) is 0 Å². The van der Waals surface area contributed by atoms with Gasteiger partial charge in [-0.2, -0.15) is 4.72 Å². The molecule has 3 N–H and O–H groups in total. The molecule has 0 radical (unpaired) electrons. The van der Waals surface area contributed by atoms with E-state index in [1.807, 2.05) is 6.92 Å². The number of rotatable bonds is 8. The first-order valence-electron chi connectivity index (χ1n) is 6.63. The second kappa shape index (κ2) is 8.33. The van der Waals surface area contributed by atoms with Gasteiger partial charge in [-0.05, 0) is 37.7 Å². The molecule has 0 aliphatic rings. The molecular weight excluding hydrogens is 314 g/mol. The van der Waals surface area contributed by atoms with Gasteiger partial charge in [0.1, 0.15) is 0 Å². The van der Waals surface area contributed by atoms with E-state index in [9.17, 15) is 13.2 Å². The third kappa shape index (κ3) is 6.01. The molecule has 0 spiro atoms. The van der Waals surface area contributed by atoms with Crippen LogP contribution in [0.15, 0.2) is 29.2 Å². The van der Waals surface area contributed by atoms with E-state index in [2.05, 4.69) is 15.4 Å². The normalized spacial score (nSPS) is 12.9. The summed E-state index contributed by atoms with van der Waals surface area (Å²) in [7, 11) is -3.74. The van der Waals surface area contributed by atoms with Crippen LogP contribution in [0.25, 0.3) is 0 Å². The maximum Gasteiger partial charge on any atom is 0.241 e. The van der Waals surface area contributed by atoms with Gasteiger partial charge < -0.3 is 10.6 Å². The number of benzene rings is 1. The highest BCUT2D eigenvalue weighted by Crippen LogP contribution is 2.14. The average Bonchev–Trinajstić information content (AvgIpc) is 2.43.